The van der Waals surface area contributed by atoms with E-state index in [0.717, 1.165) is 11.3 Å². The molecule has 1 aromatic heterocycles. The van der Waals surface area contributed by atoms with Gasteiger partial charge in [0, 0.05) is 17.3 Å². The molecular formula is C16H17ClN4O2. The second-order valence-corrected chi connectivity index (χ2v) is 5.31. The van der Waals surface area contributed by atoms with Gasteiger partial charge in [-0.25, -0.2) is 9.78 Å². The topological polar surface area (TPSA) is 83.1 Å². The second-order valence-electron chi connectivity index (χ2n) is 4.88. The number of hydrogen-bond acceptors (Lipinski definition) is 3. The molecule has 0 atom stereocenters. The van der Waals surface area contributed by atoms with Crippen molar-refractivity contribution in [2.45, 2.75) is 13.5 Å². The van der Waals surface area contributed by atoms with Gasteiger partial charge in [0.25, 0.3) is 0 Å². The number of urea groups is 1. The molecule has 0 aliphatic heterocycles. The zero-order chi connectivity index (χ0) is 16.7. The molecule has 2 aromatic rings. The number of anilines is 1. The highest BCUT2D eigenvalue weighted by Crippen LogP contribution is 2.09. The number of carbonyl (C=O) groups excluding carboxylic acids is 2. The highest BCUT2D eigenvalue weighted by atomic mass is 35.5. The predicted molar refractivity (Wildman–Crippen MR) is 89.3 cm³/mol. The van der Waals surface area contributed by atoms with Gasteiger partial charge in [-0.05, 0) is 36.8 Å². The minimum Gasteiger partial charge on any atom is -0.334 e. The van der Waals surface area contributed by atoms with Crippen molar-refractivity contribution in [1.82, 2.24) is 15.6 Å². The molecule has 3 amide bonds. The van der Waals surface area contributed by atoms with E-state index in [1.165, 1.54) is 0 Å². The summed E-state index contributed by atoms with van der Waals surface area (Å²) < 4.78 is 0. The van der Waals surface area contributed by atoms with Crippen molar-refractivity contribution in [3.05, 3.63) is 58.7 Å². The molecule has 0 fully saturated rings. The first kappa shape index (κ1) is 16.8. The first-order chi connectivity index (χ1) is 11.0. The Bertz CT molecular complexity index is 689. The molecule has 0 unspecified atom stereocenters. The molecule has 3 N–H and O–H groups in total. The number of rotatable bonds is 5. The van der Waals surface area contributed by atoms with Crippen LogP contribution in [0.3, 0.4) is 0 Å². The number of aromatic nitrogens is 1. The maximum absolute atomic E-state index is 11.7. The number of aryl methyl sites for hydroxylation is 1. The quantitative estimate of drug-likeness (QED) is 0.786. The Kier molecular flexibility index (Phi) is 5.94. The number of carbonyl (C=O) groups is 2. The van der Waals surface area contributed by atoms with Crippen molar-refractivity contribution in [1.29, 1.82) is 0 Å². The summed E-state index contributed by atoms with van der Waals surface area (Å²) in [6.45, 7) is 2.05. The molecule has 0 saturated heterocycles. The number of benzene rings is 1. The highest BCUT2D eigenvalue weighted by Gasteiger charge is 2.06. The third-order valence-corrected chi connectivity index (χ3v) is 3.18. The molecule has 7 heteroatoms. The third kappa shape index (κ3) is 5.96. The van der Waals surface area contributed by atoms with Gasteiger partial charge in [0.1, 0.15) is 5.82 Å². The zero-order valence-electron chi connectivity index (χ0n) is 12.6. The lowest BCUT2D eigenvalue weighted by molar-refractivity contribution is -0.115. The van der Waals surface area contributed by atoms with Crippen molar-refractivity contribution >= 4 is 29.4 Å². The zero-order valence-corrected chi connectivity index (χ0v) is 13.4. The fraction of sp³-hybridized carbons (Fsp3) is 0.188. The maximum atomic E-state index is 11.7. The first-order valence-corrected chi connectivity index (χ1v) is 7.40. The van der Waals surface area contributed by atoms with Crippen molar-refractivity contribution in [3.63, 3.8) is 0 Å². The minimum absolute atomic E-state index is 0.137. The largest absolute Gasteiger partial charge is 0.334 e. The Morgan fingerprint density at radius 3 is 2.52 bits per heavy atom. The van der Waals surface area contributed by atoms with Gasteiger partial charge in [0.2, 0.25) is 5.91 Å². The summed E-state index contributed by atoms with van der Waals surface area (Å²) in [5.41, 5.74) is 1.72. The molecule has 0 saturated carbocycles. The van der Waals surface area contributed by atoms with Crippen LogP contribution in [0, 0.1) is 6.92 Å². The van der Waals surface area contributed by atoms with Gasteiger partial charge in [0.05, 0.1) is 6.54 Å². The Morgan fingerprint density at radius 2 is 1.83 bits per heavy atom. The van der Waals surface area contributed by atoms with Crippen LogP contribution in [-0.2, 0) is 11.3 Å². The summed E-state index contributed by atoms with van der Waals surface area (Å²) in [4.78, 5) is 27.5. The molecule has 0 spiro atoms. The SMILES string of the molecule is Cc1cccc(NC(=O)CNC(=O)NCc2ccc(Cl)cc2)n1. The number of nitrogens with zero attached hydrogens (tertiary/aromatic N) is 1. The van der Waals surface area contributed by atoms with Gasteiger partial charge in [-0.2, -0.15) is 0 Å². The first-order valence-electron chi connectivity index (χ1n) is 7.02. The van der Waals surface area contributed by atoms with Gasteiger partial charge < -0.3 is 16.0 Å². The molecule has 1 aromatic carbocycles. The van der Waals surface area contributed by atoms with Crippen LogP contribution in [0.1, 0.15) is 11.3 Å². The van der Waals surface area contributed by atoms with Gasteiger partial charge in [0.15, 0.2) is 0 Å². The third-order valence-electron chi connectivity index (χ3n) is 2.93. The van der Waals surface area contributed by atoms with Crippen molar-refractivity contribution in [3.8, 4) is 0 Å². The monoisotopic (exact) mass is 332 g/mol. The smallest absolute Gasteiger partial charge is 0.315 e. The van der Waals surface area contributed by atoms with E-state index in [2.05, 4.69) is 20.9 Å². The lowest BCUT2D eigenvalue weighted by atomic mass is 10.2. The minimum atomic E-state index is -0.424. The molecule has 2 rings (SSSR count). The molecule has 0 bridgehead atoms. The number of nitrogens with one attached hydrogen (secondary N) is 3. The standard InChI is InChI=1S/C16H17ClN4O2/c1-11-3-2-4-14(20-11)21-15(22)10-19-16(23)18-9-12-5-7-13(17)8-6-12/h2-8H,9-10H2,1H3,(H2,18,19,23)(H,20,21,22). The summed E-state index contributed by atoms with van der Waals surface area (Å²) in [6, 6.07) is 12.0. The fourth-order valence-corrected chi connectivity index (χ4v) is 1.93. The van der Waals surface area contributed by atoms with Crippen LogP contribution < -0.4 is 16.0 Å². The Morgan fingerprint density at radius 1 is 1.09 bits per heavy atom. The van der Waals surface area contributed by atoms with E-state index in [0.29, 0.717) is 17.4 Å². The Hall–Kier alpha value is -2.60. The molecule has 0 aliphatic rings. The number of hydrogen-bond donors (Lipinski definition) is 3. The van der Waals surface area contributed by atoms with Crippen LogP contribution in [0.5, 0.6) is 0 Å². The van der Waals surface area contributed by atoms with E-state index in [1.807, 2.05) is 25.1 Å². The molecule has 0 radical (unpaired) electrons. The summed E-state index contributed by atoms with van der Waals surface area (Å²) >= 11 is 5.79. The average molecular weight is 333 g/mol. The number of halogens is 1. The van der Waals surface area contributed by atoms with E-state index in [4.69, 9.17) is 11.6 Å². The number of pyridine rings is 1. The molecular weight excluding hydrogens is 316 g/mol. The van der Waals surface area contributed by atoms with Crippen molar-refractivity contribution in [2.24, 2.45) is 0 Å². The van der Waals surface area contributed by atoms with Gasteiger partial charge in [-0.3, -0.25) is 4.79 Å². The maximum Gasteiger partial charge on any atom is 0.315 e. The summed E-state index contributed by atoms with van der Waals surface area (Å²) in [7, 11) is 0. The summed E-state index contributed by atoms with van der Waals surface area (Å²) in [6.07, 6.45) is 0. The molecule has 23 heavy (non-hydrogen) atoms. The van der Waals surface area contributed by atoms with E-state index < -0.39 is 6.03 Å². The average Bonchev–Trinajstić information content (AvgIpc) is 2.52. The van der Waals surface area contributed by atoms with Gasteiger partial charge in [-0.15, -0.1) is 0 Å². The summed E-state index contributed by atoms with van der Waals surface area (Å²) in [5, 5.41) is 8.39. The van der Waals surface area contributed by atoms with Crippen LogP contribution in [0.2, 0.25) is 5.02 Å². The van der Waals surface area contributed by atoms with Gasteiger partial charge >= 0.3 is 6.03 Å². The normalized spacial score (nSPS) is 10.0. The van der Waals surface area contributed by atoms with E-state index in [-0.39, 0.29) is 12.5 Å². The van der Waals surface area contributed by atoms with E-state index in [1.54, 1.807) is 24.3 Å². The summed E-state index contributed by atoms with van der Waals surface area (Å²) in [5.74, 6) is 0.114. The lowest BCUT2D eigenvalue weighted by Gasteiger charge is -2.08. The van der Waals surface area contributed by atoms with E-state index >= 15 is 0 Å². The second kappa shape index (κ2) is 8.14. The van der Waals surface area contributed by atoms with Crippen LogP contribution in [-0.4, -0.2) is 23.5 Å². The lowest BCUT2D eigenvalue weighted by Crippen LogP contribution is -2.39. The fourth-order valence-electron chi connectivity index (χ4n) is 1.81. The molecule has 6 nitrogen and oxygen atoms in total. The van der Waals surface area contributed by atoms with Crippen LogP contribution in [0.25, 0.3) is 0 Å². The van der Waals surface area contributed by atoms with Crippen LogP contribution >= 0.6 is 11.6 Å². The van der Waals surface area contributed by atoms with Crippen LogP contribution in [0.4, 0.5) is 10.6 Å². The van der Waals surface area contributed by atoms with Gasteiger partial charge in [-0.1, -0.05) is 29.8 Å². The van der Waals surface area contributed by atoms with Crippen molar-refractivity contribution < 1.29 is 9.59 Å². The Balaban J connectivity index is 1.71. The highest BCUT2D eigenvalue weighted by molar-refractivity contribution is 6.30. The van der Waals surface area contributed by atoms with Crippen LogP contribution in [0.15, 0.2) is 42.5 Å². The van der Waals surface area contributed by atoms with E-state index in [9.17, 15) is 9.59 Å². The molecule has 0 aliphatic carbocycles. The number of amides is 3. The predicted octanol–water partition coefficient (Wildman–Crippen LogP) is 2.48. The molecule has 120 valence electrons. The van der Waals surface area contributed by atoms with Crippen molar-refractivity contribution in [2.75, 3.05) is 11.9 Å². The Labute approximate surface area is 139 Å². The molecule has 1 heterocycles.